The van der Waals surface area contributed by atoms with Crippen molar-refractivity contribution in [2.75, 3.05) is 6.54 Å². The molecule has 3 rings (SSSR count). The summed E-state index contributed by atoms with van der Waals surface area (Å²) in [5.41, 5.74) is 1.58. The van der Waals surface area contributed by atoms with Crippen LogP contribution >= 0.6 is 11.3 Å². The summed E-state index contributed by atoms with van der Waals surface area (Å²) >= 11 is 1.69. The molecule has 2 aromatic heterocycles. The lowest BCUT2D eigenvalue weighted by atomic mass is 9.75. The normalized spacial score (nSPS) is 19.4. The number of fused-ring (bicyclic) bond motifs is 1. The predicted octanol–water partition coefficient (Wildman–Crippen LogP) is 3.63. The number of thiophene rings is 1. The fourth-order valence-electron chi connectivity index (χ4n) is 3.34. The molecule has 1 aliphatic carbocycles. The Morgan fingerprint density at radius 1 is 1.52 bits per heavy atom. The van der Waals surface area contributed by atoms with Gasteiger partial charge in [0.15, 0.2) is 5.76 Å². The first-order valence-corrected chi connectivity index (χ1v) is 8.86. The van der Waals surface area contributed by atoms with Crippen molar-refractivity contribution < 1.29 is 14.3 Å². The zero-order valence-electron chi connectivity index (χ0n) is 13.8. The van der Waals surface area contributed by atoms with Crippen molar-refractivity contribution in [3.05, 3.63) is 45.0 Å². The van der Waals surface area contributed by atoms with Crippen molar-refractivity contribution in [2.24, 2.45) is 5.41 Å². The highest BCUT2D eigenvalue weighted by atomic mass is 32.1. The van der Waals surface area contributed by atoms with E-state index in [0.717, 1.165) is 29.7 Å². The quantitative estimate of drug-likeness (QED) is 0.898. The molecule has 2 aromatic rings. The van der Waals surface area contributed by atoms with E-state index < -0.39 is 6.10 Å². The van der Waals surface area contributed by atoms with Gasteiger partial charge in [0.2, 0.25) is 0 Å². The molecule has 23 heavy (non-hydrogen) atoms. The summed E-state index contributed by atoms with van der Waals surface area (Å²) in [7, 11) is 0. The van der Waals surface area contributed by atoms with Crippen LogP contribution in [-0.2, 0) is 12.8 Å². The molecule has 0 bridgehead atoms. The van der Waals surface area contributed by atoms with E-state index in [1.54, 1.807) is 11.3 Å². The van der Waals surface area contributed by atoms with Gasteiger partial charge in [0.1, 0.15) is 5.76 Å². The van der Waals surface area contributed by atoms with Gasteiger partial charge in [-0.05, 0) is 36.6 Å². The van der Waals surface area contributed by atoms with E-state index in [0.29, 0.717) is 18.7 Å². The molecule has 2 heterocycles. The van der Waals surface area contributed by atoms with Gasteiger partial charge in [0.05, 0.1) is 6.10 Å². The lowest BCUT2D eigenvalue weighted by molar-refractivity contribution is 0.0885. The van der Waals surface area contributed by atoms with Gasteiger partial charge >= 0.3 is 0 Å². The largest absolute Gasteiger partial charge is 0.455 e. The molecule has 1 aliphatic rings. The molecule has 1 amide bonds. The molecule has 0 saturated heterocycles. The Morgan fingerprint density at radius 3 is 3.00 bits per heavy atom. The number of aliphatic hydroxyl groups is 1. The number of furan rings is 1. The molecule has 2 N–H and O–H groups in total. The summed E-state index contributed by atoms with van der Waals surface area (Å²) in [6, 6.07) is 4.07. The number of nitrogens with one attached hydrogen (secondary N) is 1. The topological polar surface area (TPSA) is 62.5 Å². The molecule has 0 spiro atoms. The van der Waals surface area contributed by atoms with Crippen LogP contribution in [0.15, 0.2) is 21.9 Å². The monoisotopic (exact) mass is 333 g/mol. The van der Waals surface area contributed by atoms with Gasteiger partial charge in [0, 0.05) is 29.0 Å². The molecule has 1 atom stereocenters. The molecule has 0 saturated carbocycles. The van der Waals surface area contributed by atoms with Crippen LogP contribution in [0.2, 0.25) is 0 Å². The molecule has 0 aromatic carbocycles. The molecule has 4 nitrogen and oxygen atoms in total. The summed E-state index contributed by atoms with van der Waals surface area (Å²) in [4.78, 5) is 13.6. The minimum Gasteiger partial charge on any atom is -0.455 e. The molecule has 0 aliphatic heterocycles. The average molecular weight is 333 g/mol. The van der Waals surface area contributed by atoms with Crippen LogP contribution in [0.1, 0.15) is 58.7 Å². The van der Waals surface area contributed by atoms with Crippen LogP contribution in [0.4, 0.5) is 0 Å². The minimum atomic E-state index is -0.551. The van der Waals surface area contributed by atoms with Crippen molar-refractivity contribution in [1.29, 1.82) is 0 Å². The van der Waals surface area contributed by atoms with Gasteiger partial charge in [-0.1, -0.05) is 19.9 Å². The van der Waals surface area contributed by atoms with Gasteiger partial charge in [-0.15, -0.1) is 11.3 Å². The van der Waals surface area contributed by atoms with Crippen LogP contribution in [0.5, 0.6) is 0 Å². The first-order chi connectivity index (χ1) is 10.9. The molecule has 0 unspecified atom stereocenters. The lowest BCUT2D eigenvalue weighted by Gasteiger charge is -2.31. The van der Waals surface area contributed by atoms with E-state index in [1.807, 2.05) is 18.4 Å². The van der Waals surface area contributed by atoms with E-state index in [9.17, 15) is 9.90 Å². The average Bonchev–Trinajstić information content (AvgIpc) is 3.05. The fourth-order valence-corrected chi connectivity index (χ4v) is 4.05. The van der Waals surface area contributed by atoms with Gasteiger partial charge < -0.3 is 14.8 Å². The number of carbonyl (C=O) groups is 1. The fraction of sp³-hybridized carbons (Fsp3) is 0.500. The Labute approximate surface area is 140 Å². The number of aliphatic hydroxyl groups excluding tert-OH is 1. The van der Waals surface area contributed by atoms with E-state index in [1.165, 1.54) is 4.88 Å². The van der Waals surface area contributed by atoms with Crippen molar-refractivity contribution in [1.82, 2.24) is 5.32 Å². The maximum absolute atomic E-state index is 12.4. The molecule has 0 fully saturated rings. The maximum atomic E-state index is 12.4. The Balaban J connectivity index is 1.72. The third-order valence-corrected chi connectivity index (χ3v) is 5.37. The maximum Gasteiger partial charge on any atom is 0.287 e. The highest BCUT2D eigenvalue weighted by Crippen LogP contribution is 2.43. The highest BCUT2D eigenvalue weighted by molar-refractivity contribution is 7.09. The highest BCUT2D eigenvalue weighted by Gasteiger charge is 2.37. The Bertz CT molecular complexity index is 700. The Kier molecular flexibility index (Phi) is 4.34. The van der Waals surface area contributed by atoms with E-state index in [2.05, 4.69) is 25.2 Å². The van der Waals surface area contributed by atoms with Crippen molar-refractivity contribution in [2.45, 2.75) is 46.1 Å². The van der Waals surface area contributed by atoms with Crippen LogP contribution in [0, 0.1) is 12.3 Å². The minimum absolute atomic E-state index is 0.0103. The van der Waals surface area contributed by atoms with Gasteiger partial charge in [-0.25, -0.2) is 0 Å². The molecular weight excluding hydrogens is 310 g/mol. The second kappa shape index (κ2) is 6.13. The number of amides is 1. The van der Waals surface area contributed by atoms with E-state index in [4.69, 9.17) is 4.42 Å². The standard InChI is InChI=1S/C18H23NO3S/c1-11-15-13(20)9-18(2,3)10-14(15)22-16(11)17(21)19-7-6-12-5-4-8-23-12/h4-5,8,13,20H,6-7,9-10H2,1-3H3,(H,19,21)/t13-/m0/s1. The lowest BCUT2D eigenvalue weighted by Crippen LogP contribution is -2.26. The molecule has 0 radical (unpaired) electrons. The van der Waals surface area contributed by atoms with Crippen molar-refractivity contribution in [3.8, 4) is 0 Å². The van der Waals surface area contributed by atoms with Gasteiger partial charge in [0.25, 0.3) is 5.91 Å². The smallest absolute Gasteiger partial charge is 0.287 e. The predicted molar refractivity (Wildman–Crippen MR) is 90.9 cm³/mol. The second-order valence-corrected chi connectivity index (χ2v) is 8.07. The zero-order valence-corrected chi connectivity index (χ0v) is 14.6. The molecular formula is C18H23NO3S. The summed E-state index contributed by atoms with van der Waals surface area (Å²) in [5, 5.41) is 15.3. The van der Waals surface area contributed by atoms with Crippen LogP contribution < -0.4 is 5.32 Å². The first-order valence-electron chi connectivity index (χ1n) is 7.98. The summed E-state index contributed by atoms with van der Waals surface area (Å²) in [6.45, 7) is 6.66. The zero-order chi connectivity index (χ0) is 16.6. The number of hydrogen-bond acceptors (Lipinski definition) is 4. The summed E-state index contributed by atoms with van der Waals surface area (Å²) in [6.07, 6.45) is 1.71. The molecule has 5 heteroatoms. The third kappa shape index (κ3) is 3.35. The van der Waals surface area contributed by atoms with E-state index in [-0.39, 0.29) is 11.3 Å². The van der Waals surface area contributed by atoms with Gasteiger partial charge in [-0.3, -0.25) is 4.79 Å². The molecule has 124 valence electrons. The van der Waals surface area contributed by atoms with E-state index >= 15 is 0 Å². The third-order valence-electron chi connectivity index (χ3n) is 4.43. The Hall–Kier alpha value is -1.59. The summed E-state index contributed by atoms with van der Waals surface area (Å²) < 4.78 is 5.82. The van der Waals surface area contributed by atoms with Crippen molar-refractivity contribution in [3.63, 3.8) is 0 Å². The SMILES string of the molecule is Cc1c(C(=O)NCCc2cccs2)oc2c1[C@@H](O)CC(C)(C)C2. The first kappa shape index (κ1) is 16.3. The Morgan fingerprint density at radius 2 is 2.30 bits per heavy atom. The van der Waals surface area contributed by atoms with Gasteiger partial charge in [-0.2, -0.15) is 0 Å². The summed E-state index contributed by atoms with van der Waals surface area (Å²) in [5.74, 6) is 0.908. The van der Waals surface area contributed by atoms with Crippen molar-refractivity contribution >= 4 is 17.2 Å². The number of carbonyl (C=O) groups excluding carboxylic acids is 1. The number of hydrogen-bond donors (Lipinski definition) is 2. The number of rotatable bonds is 4. The second-order valence-electron chi connectivity index (χ2n) is 7.04. The van der Waals surface area contributed by atoms with Crippen LogP contribution in [0.25, 0.3) is 0 Å². The van der Waals surface area contributed by atoms with Crippen LogP contribution in [-0.4, -0.2) is 17.6 Å². The van der Waals surface area contributed by atoms with Crippen LogP contribution in [0.3, 0.4) is 0 Å².